The summed E-state index contributed by atoms with van der Waals surface area (Å²) in [5.74, 6) is -0.206. The molecule has 2 N–H and O–H groups in total. The molecule has 0 saturated carbocycles. The fourth-order valence-corrected chi connectivity index (χ4v) is 2.23. The first-order valence-corrected chi connectivity index (χ1v) is 7.48. The standard InChI is InChI=1S/C15H29NO3/c1-3-13(15(18)19-2)11-9-7-5-4-6-8-10-12-14(16)17/h13H,3-12H2,1-2H3,(H2,16,17). The SMILES string of the molecule is CCC(CCCCCCCCCC(N)=O)C(=O)OC. The van der Waals surface area contributed by atoms with E-state index >= 15 is 0 Å². The van der Waals surface area contributed by atoms with Gasteiger partial charge in [0.1, 0.15) is 0 Å². The number of ether oxygens (including phenoxy) is 1. The monoisotopic (exact) mass is 271 g/mol. The summed E-state index contributed by atoms with van der Waals surface area (Å²) in [7, 11) is 1.46. The van der Waals surface area contributed by atoms with Crippen LogP contribution in [-0.2, 0) is 14.3 Å². The Bertz CT molecular complexity index is 254. The first-order valence-electron chi connectivity index (χ1n) is 7.48. The van der Waals surface area contributed by atoms with Gasteiger partial charge in [-0.2, -0.15) is 0 Å². The van der Waals surface area contributed by atoms with E-state index in [4.69, 9.17) is 10.5 Å². The number of carbonyl (C=O) groups excluding carboxylic acids is 2. The minimum atomic E-state index is -0.201. The Hall–Kier alpha value is -1.06. The third kappa shape index (κ3) is 10.5. The summed E-state index contributed by atoms with van der Waals surface area (Å²) in [5, 5.41) is 0. The molecule has 0 aromatic carbocycles. The van der Waals surface area contributed by atoms with Gasteiger partial charge in [-0.25, -0.2) is 0 Å². The van der Waals surface area contributed by atoms with Crippen molar-refractivity contribution in [3.63, 3.8) is 0 Å². The number of unbranched alkanes of at least 4 members (excludes halogenated alkanes) is 6. The minimum absolute atomic E-state index is 0.0700. The van der Waals surface area contributed by atoms with Gasteiger partial charge in [-0.3, -0.25) is 9.59 Å². The normalized spacial score (nSPS) is 12.1. The number of primary amides is 1. The van der Waals surface area contributed by atoms with Crippen LogP contribution in [0.5, 0.6) is 0 Å². The van der Waals surface area contributed by atoms with Crippen LogP contribution in [0.3, 0.4) is 0 Å². The van der Waals surface area contributed by atoms with Crippen molar-refractivity contribution in [3.05, 3.63) is 0 Å². The second kappa shape index (κ2) is 12.0. The van der Waals surface area contributed by atoms with Crippen LogP contribution in [0.4, 0.5) is 0 Å². The molecule has 0 spiro atoms. The van der Waals surface area contributed by atoms with Crippen molar-refractivity contribution in [2.45, 2.75) is 71.1 Å². The van der Waals surface area contributed by atoms with Crippen molar-refractivity contribution in [1.82, 2.24) is 0 Å². The molecule has 4 nitrogen and oxygen atoms in total. The van der Waals surface area contributed by atoms with Crippen molar-refractivity contribution >= 4 is 11.9 Å². The number of rotatable bonds is 12. The van der Waals surface area contributed by atoms with Crippen LogP contribution in [0.15, 0.2) is 0 Å². The topological polar surface area (TPSA) is 69.4 Å². The Kier molecular flexibility index (Phi) is 11.3. The summed E-state index contributed by atoms with van der Waals surface area (Å²) in [5.41, 5.74) is 5.07. The van der Waals surface area contributed by atoms with E-state index < -0.39 is 0 Å². The van der Waals surface area contributed by atoms with Crippen LogP contribution in [0.1, 0.15) is 71.1 Å². The highest BCUT2D eigenvalue weighted by atomic mass is 16.5. The Morgan fingerprint density at radius 1 is 1.00 bits per heavy atom. The first-order chi connectivity index (χ1) is 9.11. The molecule has 1 amide bonds. The summed E-state index contributed by atoms with van der Waals surface area (Å²) >= 11 is 0. The van der Waals surface area contributed by atoms with E-state index in [1.165, 1.54) is 32.8 Å². The van der Waals surface area contributed by atoms with E-state index in [-0.39, 0.29) is 17.8 Å². The number of methoxy groups -OCH3 is 1. The summed E-state index contributed by atoms with van der Waals surface area (Å²) in [6.07, 6.45) is 10.1. The maximum atomic E-state index is 11.4. The lowest BCUT2D eigenvalue weighted by Gasteiger charge is -2.11. The molecule has 0 fully saturated rings. The molecular weight excluding hydrogens is 242 g/mol. The zero-order valence-electron chi connectivity index (χ0n) is 12.5. The van der Waals surface area contributed by atoms with E-state index in [1.54, 1.807) is 0 Å². The summed E-state index contributed by atoms with van der Waals surface area (Å²) in [6, 6.07) is 0. The van der Waals surface area contributed by atoms with Crippen LogP contribution >= 0.6 is 0 Å². The molecule has 1 atom stereocenters. The van der Waals surface area contributed by atoms with E-state index in [0.29, 0.717) is 6.42 Å². The van der Waals surface area contributed by atoms with Gasteiger partial charge in [-0.05, 0) is 19.3 Å². The van der Waals surface area contributed by atoms with E-state index in [2.05, 4.69) is 0 Å². The second-order valence-electron chi connectivity index (χ2n) is 5.11. The van der Waals surface area contributed by atoms with Gasteiger partial charge in [0.05, 0.1) is 13.0 Å². The van der Waals surface area contributed by atoms with Crippen LogP contribution in [-0.4, -0.2) is 19.0 Å². The molecule has 1 unspecified atom stereocenters. The van der Waals surface area contributed by atoms with Gasteiger partial charge in [0.25, 0.3) is 0 Å². The average Bonchev–Trinajstić information content (AvgIpc) is 2.40. The van der Waals surface area contributed by atoms with Crippen LogP contribution in [0.2, 0.25) is 0 Å². The maximum absolute atomic E-state index is 11.4. The predicted molar refractivity (Wildman–Crippen MR) is 76.5 cm³/mol. The van der Waals surface area contributed by atoms with Gasteiger partial charge in [0, 0.05) is 6.42 Å². The fraction of sp³-hybridized carbons (Fsp3) is 0.867. The van der Waals surface area contributed by atoms with Gasteiger partial charge in [0.2, 0.25) is 5.91 Å². The Labute approximate surface area is 117 Å². The van der Waals surface area contributed by atoms with Crippen molar-refractivity contribution in [3.8, 4) is 0 Å². The van der Waals surface area contributed by atoms with E-state index in [1.807, 2.05) is 6.92 Å². The zero-order valence-corrected chi connectivity index (χ0v) is 12.5. The smallest absolute Gasteiger partial charge is 0.308 e. The van der Waals surface area contributed by atoms with Crippen molar-refractivity contribution < 1.29 is 14.3 Å². The molecule has 0 bridgehead atoms. The zero-order chi connectivity index (χ0) is 14.5. The van der Waals surface area contributed by atoms with Crippen molar-refractivity contribution in [2.24, 2.45) is 11.7 Å². The highest BCUT2D eigenvalue weighted by Gasteiger charge is 2.15. The lowest BCUT2D eigenvalue weighted by Crippen LogP contribution is -2.15. The Morgan fingerprint density at radius 3 is 2.00 bits per heavy atom. The fourth-order valence-electron chi connectivity index (χ4n) is 2.23. The molecule has 0 heterocycles. The van der Waals surface area contributed by atoms with E-state index in [0.717, 1.165) is 32.1 Å². The lowest BCUT2D eigenvalue weighted by molar-refractivity contribution is -0.145. The van der Waals surface area contributed by atoms with Crippen molar-refractivity contribution in [1.29, 1.82) is 0 Å². The highest BCUT2D eigenvalue weighted by Crippen LogP contribution is 2.16. The summed E-state index contributed by atoms with van der Waals surface area (Å²) in [6.45, 7) is 2.03. The molecular formula is C15H29NO3. The number of carbonyl (C=O) groups is 2. The molecule has 0 radical (unpaired) electrons. The molecule has 0 saturated heterocycles. The minimum Gasteiger partial charge on any atom is -0.469 e. The number of esters is 1. The van der Waals surface area contributed by atoms with Gasteiger partial charge in [-0.1, -0.05) is 45.4 Å². The Morgan fingerprint density at radius 2 is 1.53 bits per heavy atom. The average molecular weight is 271 g/mol. The molecule has 112 valence electrons. The van der Waals surface area contributed by atoms with E-state index in [9.17, 15) is 9.59 Å². The van der Waals surface area contributed by atoms with Crippen LogP contribution < -0.4 is 5.73 Å². The predicted octanol–water partition coefficient (Wildman–Crippen LogP) is 3.18. The van der Waals surface area contributed by atoms with Gasteiger partial charge >= 0.3 is 5.97 Å². The maximum Gasteiger partial charge on any atom is 0.308 e. The molecule has 0 aliphatic carbocycles. The van der Waals surface area contributed by atoms with Gasteiger partial charge < -0.3 is 10.5 Å². The first kappa shape index (κ1) is 17.9. The highest BCUT2D eigenvalue weighted by molar-refractivity contribution is 5.73. The molecule has 19 heavy (non-hydrogen) atoms. The van der Waals surface area contributed by atoms with Gasteiger partial charge in [0.15, 0.2) is 0 Å². The number of hydrogen-bond donors (Lipinski definition) is 1. The lowest BCUT2D eigenvalue weighted by atomic mass is 9.98. The quantitative estimate of drug-likeness (QED) is 0.438. The number of amides is 1. The van der Waals surface area contributed by atoms with Crippen molar-refractivity contribution in [2.75, 3.05) is 7.11 Å². The molecule has 0 aliphatic heterocycles. The van der Waals surface area contributed by atoms with Crippen LogP contribution in [0, 0.1) is 5.92 Å². The number of nitrogens with two attached hydrogens (primary N) is 1. The van der Waals surface area contributed by atoms with Crippen LogP contribution in [0.25, 0.3) is 0 Å². The molecule has 0 aromatic rings. The molecule has 0 aliphatic rings. The Balaban J connectivity index is 3.35. The third-order valence-corrected chi connectivity index (χ3v) is 3.50. The van der Waals surface area contributed by atoms with Gasteiger partial charge in [-0.15, -0.1) is 0 Å². The molecule has 0 aromatic heterocycles. The molecule has 0 rings (SSSR count). The second-order valence-corrected chi connectivity index (χ2v) is 5.11. The molecule has 4 heteroatoms. The third-order valence-electron chi connectivity index (χ3n) is 3.50. The summed E-state index contributed by atoms with van der Waals surface area (Å²) < 4.78 is 4.77. The number of hydrogen-bond acceptors (Lipinski definition) is 3. The largest absolute Gasteiger partial charge is 0.469 e. The summed E-state index contributed by atoms with van der Waals surface area (Å²) in [4.78, 5) is 21.9.